The number of carbonyl (C=O) groups excluding carboxylic acids is 2. The van der Waals surface area contributed by atoms with Crippen molar-refractivity contribution >= 4 is 28.2 Å². The molecule has 0 saturated heterocycles. The Morgan fingerprint density at radius 2 is 2.13 bits per heavy atom. The Bertz CT molecular complexity index is 651. The molecular formula is C18H23NO3S. The molecule has 1 aromatic rings. The topological polar surface area (TPSA) is 55.4 Å². The highest BCUT2D eigenvalue weighted by Gasteiger charge is 2.43. The molecule has 4 rings (SSSR count). The Morgan fingerprint density at radius 3 is 2.83 bits per heavy atom. The van der Waals surface area contributed by atoms with Crippen LogP contribution in [-0.2, 0) is 22.4 Å². The predicted molar refractivity (Wildman–Crippen MR) is 89.9 cm³/mol. The van der Waals surface area contributed by atoms with Crippen LogP contribution in [0.3, 0.4) is 0 Å². The van der Waals surface area contributed by atoms with Crippen molar-refractivity contribution in [3.8, 4) is 0 Å². The molecule has 4 nitrogen and oxygen atoms in total. The molecule has 0 aliphatic heterocycles. The fourth-order valence-corrected chi connectivity index (χ4v) is 5.96. The Morgan fingerprint density at radius 1 is 1.26 bits per heavy atom. The molecule has 1 aromatic heterocycles. The average Bonchev–Trinajstić information content (AvgIpc) is 3.27. The molecule has 23 heavy (non-hydrogen) atoms. The van der Waals surface area contributed by atoms with Crippen LogP contribution < -0.4 is 5.32 Å². The minimum Gasteiger partial charge on any atom is -0.462 e. The molecule has 124 valence electrons. The zero-order valence-corrected chi connectivity index (χ0v) is 14.3. The van der Waals surface area contributed by atoms with Gasteiger partial charge in [0.15, 0.2) is 0 Å². The summed E-state index contributed by atoms with van der Waals surface area (Å²) in [6, 6.07) is 0. The van der Waals surface area contributed by atoms with Gasteiger partial charge < -0.3 is 10.1 Å². The first-order chi connectivity index (χ1) is 11.2. The summed E-state index contributed by atoms with van der Waals surface area (Å²) in [5, 5.41) is 3.81. The molecule has 1 amide bonds. The maximum absolute atomic E-state index is 12.7. The molecule has 0 radical (unpaired) electrons. The fraction of sp³-hybridized carbons (Fsp3) is 0.667. The number of nitrogens with one attached hydrogen (secondary N) is 1. The number of carbonyl (C=O) groups is 2. The number of fused-ring (bicyclic) bond motifs is 3. The van der Waals surface area contributed by atoms with Crippen LogP contribution in [0.2, 0.25) is 0 Å². The standard InChI is InChI=1S/C18H23NO3S/c1-2-22-18(21)15-12-4-3-5-14(12)23-17(15)19-16(20)13-9-10-6-7-11(13)8-10/h10-11,13H,2-9H2,1H3,(H,19,20)/t10-,11-,13+/m0/s1. The minimum absolute atomic E-state index is 0.114. The molecule has 5 heteroatoms. The second kappa shape index (κ2) is 5.93. The van der Waals surface area contributed by atoms with Gasteiger partial charge in [0.25, 0.3) is 0 Å². The number of esters is 1. The molecular weight excluding hydrogens is 310 g/mol. The first-order valence-corrected chi connectivity index (χ1v) is 9.61. The summed E-state index contributed by atoms with van der Waals surface area (Å²) in [5.74, 6) is 1.27. The van der Waals surface area contributed by atoms with Crippen molar-refractivity contribution in [2.45, 2.75) is 51.9 Å². The molecule has 3 aliphatic carbocycles. The third-order valence-electron chi connectivity index (χ3n) is 5.71. The highest BCUT2D eigenvalue weighted by Crippen LogP contribution is 2.49. The lowest BCUT2D eigenvalue weighted by Gasteiger charge is -2.20. The molecule has 0 unspecified atom stereocenters. The van der Waals surface area contributed by atoms with Crippen molar-refractivity contribution in [2.24, 2.45) is 17.8 Å². The quantitative estimate of drug-likeness (QED) is 0.853. The van der Waals surface area contributed by atoms with Crippen molar-refractivity contribution in [3.05, 3.63) is 16.0 Å². The predicted octanol–water partition coefficient (Wildman–Crippen LogP) is 3.79. The van der Waals surface area contributed by atoms with E-state index in [1.54, 1.807) is 11.3 Å². The maximum atomic E-state index is 12.7. The first kappa shape index (κ1) is 15.2. The molecule has 0 spiro atoms. The Hall–Kier alpha value is -1.36. The van der Waals surface area contributed by atoms with Crippen LogP contribution in [-0.4, -0.2) is 18.5 Å². The SMILES string of the molecule is CCOC(=O)c1c(NC(=O)[C@@H]2C[C@H]3CC[C@H]2C3)sc2c1CCC2. The van der Waals surface area contributed by atoms with E-state index in [0.717, 1.165) is 42.2 Å². The zero-order valence-electron chi connectivity index (χ0n) is 13.5. The van der Waals surface area contributed by atoms with Gasteiger partial charge in [-0.1, -0.05) is 6.42 Å². The van der Waals surface area contributed by atoms with E-state index >= 15 is 0 Å². The van der Waals surface area contributed by atoms with Gasteiger partial charge in [0.1, 0.15) is 5.00 Å². The lowest BCUT2D eigenvalue weighted by atomic mass is 9.88. The second-order valence-corrected chi connectivity index (χ2v) is 8.16. The highest BCUT2D eigenvalue weighted by atomic mass is 32.1. The van der Waals surface area contributed by atoms with E-state index in [4.69, 9.17) is 4.74 Å². The Balaban J connectivity index is 1.56. The molecule has 3 aliphatic rings. The van der Waals surface area contributed by atoms with Gasteiger partial charge in [-0.25, -0.2) is 4.79 Å². The van der Waals surface area contributed by atoms with Gasteiger partial charge in [0, 0.05) is 10.8 Å². The van der Waals surface area contributed by atoms with Crippen LogP contribution in [0.5, 0.6) is 0 Å². The number of thiophene rings is 1. The smallest absolute Gasteiger partial charge is 0.341 e. The van der Waals surface area contributed by atoms with Gasteiger partial charge in [-0.05, 0) is 62.8 Å². The molecule has 1 heterocycles. The van der Waals surface area contributed by atoms with Crippen LogP contribution in [0.1, 0.15) is 59.8 Å². The lowest BCUT2D eigenvalue weighted by Crippen LogP contribution is -2.27. The number of ether oxygens (including phenoxy) is 1. The van der Waals surface area contributed by atoms with Gasteiger partial charge in [-0.3, -0.25) is 4.79 Å². The maximum Gasteiger partial charge on any atom is 0.341 e. The first-order valence-electron chi connectivity index (χ1n) is 8.80. The van der Waals surface area contributed by atoms with Crippen LogP contribution >= 0.6 is 11.3 Å². The second-order valence-electron chi connectivity index (χ2n) is 7.05. The van der Waals surface area contributed by atoms with Crippen LogP contribution in [0, 0.1) is 17.8 Å². The summed E-state index contributed by atoms with van der Waals surface area (Å²) in [7, 11) is 0. The Kier molecular flexibility index (Phi) is 3.92. The molecule has 2 fully saturated rings. The monoisotopic (exact) mass is 333 g/mol. The normalized spacial score (nSPS) is 28.0. The summed E-state index contributed by atoms with van der Waals surface area (Å²) in [6.45, 7) is 2.18. The number of amides is 1. The summed E-state index contributed by atoms with van der Waals surface area (Å²) in [5.41, 5.74) is 1.73. The molecule has 3 atom stereocenters. The molecule has 2 saturated carbocycles. The Labute approximate surface area is 140 Å². The number of anilines is 1. The average molecular weight is 333 g/mol. The van der Waals surface area contributed by atoms with Gasteiger partial charge in [-0.2, -0.15) is 0 Å². The van der Waals surface area contributed by atoms with Crippen molar-refractivity contribution in [1.82, 2.24) is 0 Å². The van der Waals surface area contributed by atoms with Crippen LogP contribution in [0.25, 0.3) is 0 Å². The molecule has 2 bridgehead atoms. The van der Waals surface area contributed by atoms with E-state index in [0.29, 0.717) is 18.1 Å². The van der Waals surface area contributed by atoms with Crippen molar-refractivity contribution in [1.29, 1.82) is 0 Å². The van der Waals surface area contributed by atoms with Crippen LogP contribution in [0.4, 0.5) is 5.00 Å². The van der Waals surface area contributed by atoms with Gasteiger partial charge in [-0.15, -0.1) is 11.3 Å². The van der Waals surface area contributed by atoms with E-state index in [1.807, 2.05) is 6.92 Å². The summed E-state index contributed by atoms with van der Waals surface area (Å²) < 4.78 is 5.23. The number of hydrogen-bond donors (Lipinski definition) is 1. The van der Waals surface area contributed by atoms with Crippen molar-refractivity contribution in [3.63, 3.8) is 0 Å². The summed E-state index contributed by atoms with van der Waals surface area (Å²) in [6.07, 6.45) is 7.74. The minimum atomic E-state index is -0.282. The summed E-state index contributed by atoms with van der Waals surface area (Å²) >= 11 is 1.58. The van der Waals surface area contributed by atoms with Gasteiger partial charge in [0.2, 0.25) is 5.91 Å². The number of hydrogen-bond acceptors (Lipinski definition) is 4. The fourth-order valence-electron chi connectivity index (χ4n) is 4.68. The third-order valence-corrected chi connectivity index (χ3v) is 6.92. The lowest BCUT2D eigenvalue weighted by molar-refractivity contribution is -0.121. The van der Waals surface area contributed by atoms with Crippen LogP contribution in [0.15, 0.2) is 0 Å². The molecule has 1 N–H and O–H groups in total. The van der Waals surface area contributed by atoms with E-state index in [1.165, 1.54) is 24.1 Å². The van der Waals surface area contributed by atoms with Gasteiger partial charge >= 0.3 is 5.97 Å². The van der Waals surface area contributed by atoms with Crippen molar-refractivity contribution in [2.75, 3.05) is 11.9 Å². The summed E-state index contributed by atoms with van der Waals surface area (Å²) in [4.78, 5) is 26.3. The van der Waals surface area contributed by atoms with E-state index in [2.05, 4.69) is 5.32 Å². The van der Waals surface area contributed by atoms with Crippen molar-refractivity contribution < 1.29 is 14.3 Å². The number of rotatable bonds is 4. The largest absolute Gasteiger partial charge is 0.462 e. The third kappa shape index (κ3) is 2.59. The van der Waals surface area contributed by atoms with E-state index in [9.17, 15) is 9.59 Å². The molecule has 0 aromatic carbocycles. The van der Waals surface area contributed by atoms with E-state index < -0.39 is 0 Å². The zero-order chi connectivity index (χ0) is 16.0. The van der Waals surface area contributed by atoms with E-state index in [-0.39, 0.29) is 17.8 Å². The highest BCUT2D eigenvalue weighted by molar-refractivity contribution is 7.17. The number of aryl methyl sites for hydroxylation is 1. The van der Waals surface area contributed by atoms with Gasteiger partial charge in [0.05, 0.1) is 12.2 Å².